The van der Waals surface area contributed by atoms with E-state index >= 15 is 0 Å². The first-order valence-electron chi connectivity index (χ1n) is 8.40. The van der Waals surface area contributed by atoms with Crippen LogP contribution in [0.25, 0.3) is 0 Å². The van der Waals surface area contributed by atoms with Crippen molar-refractivity contribution in [2.75, 3.05) is 13.2 Å². The number of ketones is 1. The number of esters is 1. The first-order valence-corrected chi connectivity index (χ1v) is 8.40. The van der Waals surface area contributed by atoms with Crippen molar-refractivity contribution in [3.8, 4) is 0 Å². The van der Waals surface area contributed by atoms with Crippen LogP contribution in [0.1, 0.15) is 43.1 Å². The van der Waals surface area contributed by atoms with E-state index in [4.69, 9.17) is 4.74 Å². The first-order chi connectivity index (χ1) is 11.9. The van der Waals surface area contributed by atoms with Crippen LogP contribution in [0.5, 0.6) is 0 Å². The molecule has 0 radical (unpaired) electrons. The van der Waals surface area contributed by atoms with E-state index < -0.39 is 30.7 Å². The Labute approximate surface area is 144 Å². The molecule has 8 nitrogen and oxygen atoms in total. The number of amides is 3. The fraction of sp³-hybridized carbons (Fsp3) is 0.529. The topological polar surface area (TPSA) is 109 Å². The van der Waals surface area contributed by atoms with Gasteiger partial charge in [-0.3, -0.25) is 19.3 Å². The number of nitrogens with one attached hydrogen (secondary N) is 2. The van der Waals surface area contributed by atoms with Crippen LogP contribution in [-0.4, -0.2) is 52.3 Å². The van der Waals surface area contributed by atoms with Crippen molar-refractivity contribution >= 4 is 23.7 Å². The number of rotatable bonds is 5. The fourth-order valence-corrected chi connectivity index (χ4v) is 3.54. The Morgan fingerprint density at radius 1 is 1.36 bits per heavy atom. The number of hydrogen-bond donors (Lipinski definition) is 2. The third-order valence-corrected chi connectivity index (χ3v) is 5.05. The molecule has 2 fully saturated rings. The Morgan fingerprint density at radius 3 is 2.84 bits per heavy atom. The molecule has 1 aromatic rings. The Balaban J connectivity index is 1.58. The Morgan fingerprint density at radius 2 is 2.16 bits per heavy atom. The lowest BCUT2D eigenvalue weighted by atomic mass is 9.73. The Kier molecular flexibility index (Phi) is 4.61. The van der Waals surface area contributed by atoms with E-state index in [2.05, 4.69) is 10.3 Å². The maximum absolute atomic E-state index is 12.7. The molecular formula is C17H21N3O5. The van der Waals surface area contributed by atoms with Gasteiger partial charge in [-0.1, -0.05) is 19.8 Å². The number of carbonyl (C=O) groups is 4. The third-order valence-electron chi connectivity index (χ3n) is 5.05. The quantitative estimate of drug-likeness (QED) is 0.473. The van der Waals surface area contributed by atoms with Crippen LogP contribution < -0.4 is 5.32 Å². The van der Waals surface area contributed by atoms with Crippen molar-refractivity contribution in [1.29, 1.82) is 0 Å². The van der Waals surface area contributed by atoms with E-state index in [1.807, 2.05) is 6.92 Å². The Bertz CT molecular complexity index is 699. The monoisotopic (exact) mass is 347 g/mol. The van der Waals surface area contributed by atoms with Gasteiger partial charge in [0.05, 0.1) is 5.69 Å². The summed E-state index contributed by atoms with van der Waals surface area (Å²) in [6.45, 7) is 1.01. The predicted molar refractivity (Wildman–Crippen MR) is 86.7 cm³/mol. The van der Waals surface area contributed by atoms with E-state index in [-0.39, 0.29) is 17.6 Å². The van der Waals surface area contributed by atoms with Crippen molar-refractivity contribution in [3.63, 3.8) is 0 Å². The second kappa shape index (κ2) is 6.70. The maximum atomic E-state index is 12.7. The fourth-order valence-electron chi connectivity index (χ4n) is 3.54. The number of nitrogens with zero attached hydrogens (tertiary/aromatic N) is 1. The number of aromatic nitrogens is 1. The molecule has 0 bridgehead atoms. The van der Waals surface area contributed by atoms with Gasteiger partial charge in [-0.25, -0.2) is 4.79 Å². The Hall–Kier alpha value is -2.64. The number of aromatic amines is 1. The predicted octanol–water partition coefficient (Wildman–Crippen LogP) is 1.24. The van der Waals surface area contributed by atoms with Gasteiger partial charge in [-0.2, -0.15) is 0 Å². The van der Waals surface area contributed by atoms with E-state index in [9.17, 15) is 19.2 Å². The third kappa shape index (κ3) is 3.16. The number of imide groups is 1. The van der Waals surface area contributed by atoms with E-state index in [1.165, 1.54) is 0 Å². The molecule has 2 aliphatic rings. The zero-order valence-electron chi connectivity index (χ0n) is 14.0. The van der Waals surface area contributed by atoms with Crippen LogP contribution in [0.15, 0.2) is 18.3 Å². The minimum Gasteiger partial charge on any atom is -0.456 e. The zero-order chi connectivity index (χ0) is 18.0. The molecule has 3 rings (SSSR count). The average molecular weight is 347 g/mol. The highest BCUT2D eigenvalue weighted by Gasteiger charge is 2.55. The highest BCUT2D eigenvalue weighted by Crippen LogP contribution is 2.38. The van der Waals surface area contributed by atoms with Crippen molar-refractivity contribution in [2.45, 2.75) is 38.1 Å². The van der Waals surface area contributed by atoms with Gasteiger partial charge in [0.15, 0.2) is 6.61 Å². The lowest BCUT2D eigenvalue weighted by molar-refractivity contribution is -0.147. The van der Waals surface area contributed by atoms with Gasteiger partial charge in [-0.15, -0.1) is 0 Å². The smallest absolute Gasteiger partial charge is 0.326 e. The van der Waals surface area contributed by atoms with Crippen LogP contribution >= 0.6 is 0 Å². The lowest BCUT2D eigenvalue weighted by Gasteiger charge is -2.36. The van der Waals surface area contributed by atoms with Gasteiger partial charge < -0.3 is 15.0 Å². The molecule has 1 aromatic heterocycles. The summed E-state index contributed by atoms with van der Waals surface area (Å²) in [5, 5.41) is 2.77. The lowest BCUT2D eigenvalue weighted by Crippen LogP contribution is -2.54. The van der Waals surface area contributed by atoms with Crippen LogP contribution in [0.2, 0.25) is 0 Å². The van der Waals surface area contributed by atoms with E-state index in [1.54, 1.807) is 18.3 Å². The molecule has 3 amide bonds. The molecule has 25 heavy (non-hydrogen) atoms. The maximum Gasteiger partial charge on any atom is 0.326 e. The summed E-state index contributed by atoms with van der Waals surface area (Å²) in [4.78, 5) is 52.3. The number of H-pyrrole nitrogens is 1. The van der Waals surface area contributed by atoms with Crippen molar-refractivity contribution in [2.24, 2.45) is 5.92 Å². The molecule has 2 heterocycles. The van der Waals surface area contributed by atoms with Crippen molar-refractivity contribution in [3.05, 3.63) is 24.0 Å². The molecule has 134 valence electrons. The molecule has 1 aliphatic carbocycles. The van der Waals surface area contributed by atoms with E-state index in [0.717, 1.165) is 24.2 Å². The van der Waals surface area contributed by atoms with Gasteiger partial charge in [0, 0.05) is 6.20 Å². The molecule has 1 aliphatic heterocycles. The van der Waals surface area contributed by atoms with Crippen LogP contribution in [0.3, 0.4) is 0 Å². The summed E-state index contributed by atoms with van der Waals surface area (Å²) in [7, 11) is 0. The molecular weight excluding hydrogens is 326 g/mol. The molecule has 1 saturated carbocycles. The summed E-state index contributed by atoms with van der Waals surface area (Å²) < 4.78 is 4.91. The summed E-state index contributed by atoms with van der Waals surface area (Å²) >= 11 is 0. The second-order valence-corrected chi connectivity index (χ2v) is 6.61. The number of urea groups is 1. The highest BCUT2D eigenvalue weighted by atomic mass is 16.5. The van der Waals surface area contributed by atoms with Gasteiger partial charge in [0.2, 0.25) is 5.78 Å². The van der Waals surface area contributed by atoms with Crippen molar-refractivity contribution < 1.29 is 23.9 Å². The van der Waals surface area contributed by atoms with Crippen LogP contribution in [-0.2, 0) is 14.3 Å². The molecule has 8 heteroatoms. The first kappa shape index (κ1) is 17.2. The second-order valence-electron chi connectivity index (χ2n) is 6.61. The number of hydrogen-bond acceptors (Lipinski definition) is 5. The normalized spacial score (nSPS) is 26.0. The SMILES string of the molecule is C[C@H]1CCCC[C@]12NC(=O)N(CC(=O)OCC(=O)c1ccc[nH]1)C2=O. The van der Waals surface area contributed by atoms with Crippen LogP contribution in [0.4, 0.5) is 4.79 Å². The summed E-state index contributed by atoms with van der Waals surface area (Å²) in [6, 6.07) is 2.65. The van der Waals surface area contributed by atoms with Gasteiger partial charge >= 0.3 is 12.0 Å². The molecule has 0 unspecified atom stereocenters. The molecule has 1 saturated heterocycles. The minimum atomic E-state index is -0.907. The average Bonchev–Trinajstić information content (AvgIpc) is 3.20. The highest BCUT2D eigenvalue weighted by molar-refractivity contribution is 6.09. The summed E-state index contributed by atoms with van der Waals surface area (Å²) in [6.07, 6.45) is 4.91. The number of carbonyl (C=O) groups excluding carboxylic acids is 4. The van der Waals surface area contributed by atoms with Gasteiger partial charge in [-0.05, 0) is 30.9 Å². The van der Waals surface area contributed by atoms with Crippen molar-refractivity contribution in [1.82, 2.24) is 15.2 Å². The standard InChI is InChI=1S/C17H21N3O5/c1-11-5-2-3-7-17(11)15(23)20(16(24)19-17)9-14(22)25-10-13(21)12-6-4-8-18-12/h4,6,8,11,18H,2-3,5,7,9-10H2,1H3,(H,19,24)/t11-,17-/m0/s1. The molecule has 2 N–H and O–H groups in total. The zero-order valence-corrected chi connectivity index (χ0v) is 14.0. The largest absolute Gasteiger partial charge is 0.456 e. The van der Waals surface area contributed by atoms with Crippen LogP contribution in [0, 0.1) is 5.92 Å². The summed E-state index contributed by atoms with van der Waals surface area (Å²) in [5.41, 5.74) is -0.576. The minimum absolute atomic E-state index is 0.0215. The number of Topliss-reactive ketones (excluding diaryl/α,β-unsaturated/α-hetero) is 1. The molecule has 1 spiro atoms. The summed E-state index contributed by atoms with van der Waals surface area (Å²) in [5.74, 6) is -1.53. The van der Waals surface area contributed by atoms with Gasteiger partial charge in [0.1, 0.15) is 12.1 Å². The molecule has 2 atom stereocenters. The number of ether oxygens (including phenoxy) is 1. The molecule has 0 aromatic carbocycles. The van der Waals surface area contributed by atoms with E-state index in [0.29, 0.717) is 12.1 Å². The van der Waals surface area contributed by atoms with Gasteiger partial charge in [0.25, 0.3) is 5.91 Å².